The van der Waals surface area contributed by atoms with E-state index in [0.717, 1.165) is 32.2 Å². The molecule has 0 aromatic heterocycles. The van der Waals surface area contributed by atoms with Gasteiger partial charge in [-0.3, -0.25) is 4.79 Å². The molecule has 0 saturated heterocycles. The molecule has 0 spiro atoms. The lowest BCUT2D eigenvalue weighted by Crippen LogP contribution is -2.55. The van der Waals surface area contributed by atoms with Gasteiger partial charge in [0.2, 0.25) is 5.91 Å². The van der Waals surface area contributed by atoms with Crippen molar-refractivity contribution < 1.29 is 9.90 Å². The maximum atomic E-state index is 12.1. The van der Waals surface area contributed by atoms with Crippen LogP contribution in [0.3, 0.4) is 0 Å². The zero-order valence-corrected chi connectivity index (χ0v) is 12.0. The molecule has 1 rings (SSSR count). The van der Waals surface area contributed by atoms with Crippen molar-refractivity contribution in [3.8, 4) is 0 Å². The van der Waals surface area contributed by atoms with Crippen LogP contribution in [0, 0.1) is 5.41 Å². The number of likely N-dealkylation sites (N-methyl/N-ethyl adjacent to an activating group) is 1. The molecule has 1 aliphatic rings. The monoisotopic (exact) mass is 256 g/mol. The largest absolute Gasteiger partial charge is 0.396 e. The standard InChI is InChI=1S/C14H28N2O2/c1-4-16-13(2,3)12(18)15-10-14(11-17)8-6-5-7-9-14/h16-17H,4-11H2,1-3H3,(H,15,18). The van der Waals surface area contributed by atoms with Gasteiger partial charge in [0, 0.05) is 12.0 Å². The van der Waals surface area contributed by atoms with Crippen LogP contribution in [-0.2, 0) is 4.79 Å². The van der Waals surface area contributed by atoms with Gasteiger partial charge in [0.05, 0.1) is 12.1 Å². The van der Waals surface area contributed by atoms with E-state index in [2.05, 4.69) is 10.6 Å². The molecule has 1 fully saturated rings. The third kappa shape index (κ3) is 3.95. The van der Waals surface area contributed by atoms with Crippen LogP contribution < -0.4 is 10.6 Å². The summed E-state index contributed by atoms with van der Waals surface area (Å²) in [5.41, 5.74) is -0.629. The normalized spacial score (nSPS) is 19.6. The Morgan fingerprint density at radius 2 is 1.89 bits per heavy atom. The van der Waals surface area contributed by atoms with Crippen LogP contribution in [-0.4, -0.2) is 36.2 Å². The summed E-state index contributed by atoms with van der Waals surface area (Å²) in [6.07, 6.45) is 5.61. The minimum atomic E-state index is -0.542. The number of aliphatic hydroxyl groups excluding tert-OH is 1. The number of nitrogens with one attached hydrogen (secondary N) is 2. The minimum Gasteiger partial charge on any atom is -0.396 e. The molecule has 1 aliphatic carbocycles. The summed E-state index contributed by atoms with van der Waals surface area (Å²) in [7, 11) is 0. The third-order valence-corrected chi connectivity index (χ3v) is 4.06. The number of amides is 1. The van der Waals surface area contributed by atoms with E-state index in [1.165, 1.54) is 6.42 Å². The Balaban J connectivity index is 2.49. The second-order valence-electron chi connectivity index (χ2n) is 6.06. The Labute approximate surface area is 111 Å². The molecule has 1 saturated carbocycles. The molecule has 4 heteroatoms. The molecule has 0 atom stereocenters. The molecule has 0 aromatic carbocycles. The molecule has 0 unspecified atom stereocenters. The maximum absolute atomic E-state index is 12.1. The van der Waals surface area contributed by atoms with Crippen molar-refractivity contribution >= 4 is 5.91 Å². The van der Waals surface area contributed by atoms with Crippen LogP contribution in [0.15, 0.2) is 0 Å². The SMILES string of the molecule is CCNC(C)(C)C(=O)NCC1(CO)CCCCC1. The fourth-order valence-electron chi connectivity index (χ4n) is 2.70. The first kappa shape index (κ1) is 15.4. The lowest BCUT2D eigenvalue weighted by atomic mass is 9.74. The van der Waals surface area contributed by atoms with Crippen molar-refractivity contribution in [2.75, 3.05) is 19.7 Å². The number of carbonyl (C=O) groups is 1. The highest BCUT2D eigenvalue weighted by Crippen LogP contribution is 2.35. The number of aliphatic hydroxyl groups is 1. The fraction of sp³-hybridized carbons (Fsp3) is 0.929. The van der Waals surface area contributed by atoms with Crippen molar-refractivity contribution in [2.45, 2.75) is 58.4 Å². The minimum absolute atomic E-state index is 0.0164. The quantitative estimate of drug-likeness (QED) is 0.674. The summed E-state index contributed by atoms with van der Waals surface area (Å²) in [6.45, 7) is 7.31. The van der Waals surface area contributed by atoms with Gasteiger partial charge in [0.1, 0.15) is 0 Å². The van der Waals surface area contributed by atoms with Gasteiger partial charge >= 0.3 is 0 Å². The third-order valence-electron chi connectivity index (χ3n) is 4.06. The summed E-state index contributed by atoms with van der Waals surface area (Å²) < 4.78 is 0. The van der Waals surface area contributed by atoms with Crippen LogP contribution in [0.25, 0.3) is 0 Å². The highest BCUT2D eigenvalue weighted by atomic mass is 16.3. The summed E-state index contributed by atoms with van der Waals surface area (Å²) in [6, 6.07) is 0. The molecular weight excluding hydrogens is 228 g/mol. The summed E-state index contributed by atoms with van der Waals surface area (Å²) in [4.78, 5) is 12.1. The number of rotatable bonds is 6. The predicted octanol–water partition coefficient (Wildman–Crippen LogP) is 1.43. The number of carbonyl (C=O) groups excluding carboxylic acids is 1. The molecule has 0 radical (unpaired) electrons. The van der Waals surface area contributed by atoms with E-state index < -0.39 is 5.54 Å². The molecule has 0 heterocycles. The van der Waals surface area contributed by atoms with Gasteiger partial charge in [-0.25, -0.2) is 0 Å². The number of hydrogen-bond donors (Lipinski definition) is 3. The highest BCUT2D eigenvalue weighted by molar-refractivity contribution is 5.85. The van der Waals surface area contributed by atoms with E-state index in [4.69, 9.17) is 0 Å². The average Bonchev–Trinajstić information content (AvgIpc) is 2.37. The smallest absolute Gasteiger partial charge is 0.239 e. The molecule has 18 heavy (non-hydrogen) atoms. The van der Waals surface area contributed by atoms with Crippen LogP contribution in [0.4, 0.5) is 0 Å². The first-order chi connectivity index (χ1) is 8.46. The van der Waals surface area contributed by atoms with Gasteiger partial charge < -0.3 is 15.7 Å². The first-order valence-corrected chi connectivity index (χ1v) is 7.10. The fourth-order valence-corrected chi connectivity index (χ4v) is 2.70. The molecule has 106 valence electrons. The Bertz CT molecular complexity index is 271. The Morgan fingerprint density at radius 3 is 2.39 bits per heavy atom. The van der Waals surface area contributed by atoms with Crippen LogP contribution in [0.1, 0.15) is 52.9 Å². The van der Waals surface area contributed by atoms with E-state index in [1.54, 1.807) is 0 Å². The molecular formula is C14H28N2O2. The van der Waals surface area contributed by atoms with Crippen LogP contribution >= 0.6 is 0 Å². The number of hydrogen-bond acceptors (Lipinski definition) is 3. The Hall–Kier alpha value is -0.610. The van der Waals surface area contributed by atoms with E-state index in [9.17, 15) is 9.90 Å². The molecule has 0 aromatic rings. The van der Waals surface area contributed by atoms with Crippen molar-refractivity contribution in [2.24, 2.45) is 5.41 Å². The van der Waals surface area contributed by atoms with Gasteiger partial charge in [-0.05, 0) is 33.2 Å². The van der Waals surface area contributed by atoms with E-state index in [-0.39, 0.29) is 17.9 Å². The van der Waals surface area contributed by atoms with E-state index in [0.29, 0.717) is 6.54 Å². The highest BCUT2D eigenvalue weighted by Gasteiger charge is 2.34. The van der Waals surface area contributed by atoms with Gasteiger partial charge in [0.15, 0.2) is 0 Å². The Kier molecular flexibility index (Phi) is 5.60. The van der Waals surface area contributed by atoms with Gasteiger partial charge in [-0.15, -0.1) is 0 Å². The van der Waals surface area contributed by atoms with Crippen molar-refractivity contribution in [3.63, 3.8) is 0 Å². The average molecular weight is 256 g/mol. The van der Waals surface area contributed by atoms with Crippen molar-refractivity contribution in [1.82, 2.24) is 10.6 Å². The molecule has 1 amide bonds. The summed E-state index contributed by atoms with van der Waals surface area (Å²) in [5, 5.41) is 15.8. The lowest BCUT2D eigenvalue weighted by molar-refractivity contribution is -0.127. The van der Waals surface area contributed by atoms with Crippen LogP contribution in [0.5, 0.6) is 0 Å². The van der Waals surface area contributed by atoms with Gasteiger partial charge in [-0.2, -0.15) is 0 Å². The van der Waals surface area contributed by atoms with Gasteiger partial charge in [0.25, 0.3) is 0 Å². The molecule has 3 N–H and O–H groups in total. The maximum Gasteiger partial charge on any atom is 0.239 e. The zero-order chi connectivity index (χ0) is 13.6. The van der Waals surface area contributed by atoms with E-state index in [1.807, 2.05) is 20.8 Å². The van der Waals surface area contributed by atoms with Gasteiger partial charge in [-0.1, -0.05) is 26.2 Å². The second kappa shape index (κ2) is 6.53. The molecule has 0 aliphatic heterocycles. The topological polar surface area (TPSA) is 61.4 Å². The predicted molar refractivity (Wildman–Crippen MR) is 73.4 cm³/mol. The zero-order valence-electron chi connectivity index (χ0n) is 12.0. The van der Waals surface area contributed by atoms with Crippen molar-refractivity contribution in [3.05, 3.63) is 0 Å². The van der Waals surface area contributed by atoms with Crippen molar-refractivity contribution in [1.29, 1.82) is 0 Å². The molecule has 4 nitrogen and oxygen atoms in total. The molecule has 0 bridgehead atoms. The second-order valence-corrected chi connectivity index (χ2v) is 6.06. The summed E-state index contributed by atoms with van der Waals surface area (Å²) >= 11 is 0. The summed E-state index contributed by atoms with van der Waals surface area (Å²) in [5.74, 6) is 0.0164. The lowest BCUT2D eigenvalue weighted by Gasteiger charge is -2.36. The van der Waals surface area contributed by atoms with E-state index >= 15 is 0 Å². The Morgan fingerprint density at radius 1 is 1.28 bits per heavy atom. The first-order valence-electron chi connectivity index (χ1n) is 7.10. The van der Waals surface area contributed by atoms with Crippen LogP contribution in [0.2, 0.25) is 0 Å².